The van der Waals surface area contributed by atoms with Crippen molar-refractivity contribution in [3.05, 3.63) is 59.1 Å². The number of amides is 2. The Morgan fingerprint density at radius 2 is 1.92 bits per heavy atom. The highest BCUT2D eigenvalue weighted by Crippen LogP contribution is 2.20. The number of nitrogens with one attached hydrogen (secondary N) is 1. The van der Waals surface area contributed by atoms with Crippen LogP contribution in [-0.2, 0) is 6.54 Å². The fourth-order valence-corrected chi connectivity index (χ4v) is 3.23. The maximum absolute atomic E-state index is 12.6. The summed E-state index contributed by atoms with van der Waals surface area (Å²) in [7, 11) is 0. The average Bonchev–Trinajstić information content (AvgIpc) is 2.66. The second kappa shape index (κ2) is 8.92. The molecule has 0 unspecified atom stereocenters. The van der Waals surface area contributed by atoms with Crippen molar-refractivity contribution in [1.82, 2.24) is 9.80 Å². The molecule has 0 radical (unpaired) electrons. The van der Waals surface area contributed by atoms with E-state index in [-0.39, 0.29) is 6.03 Å². The summed E-state index contributed by atoms with van der Waals surface area (Å²) in [4.78, 5) is 16.6. The van der Waals surface area contributed by atoms with E-state index >= 15 is 0 Å². The molecule has 1 saturated heterocycles. The first-order valence-electron chi connectivity index (χ1n) is 8.90. The molecular formula is C20H24ClN3O2. The molecule has 5 nitrogen and oxygen atoms in total. The van der Waals surface area contributed by atoms with Gasteiger partial charge in [-0.05, 0) is 49.2 Å². The average molecular weight is 374 g/mol. The summed E-state index contributed by atoms with van der Waals surface area (Å²) in [5.74, 6) is 0.800. The van der Waals surface area contributed by atoms with E-state index in [2.05, 4.69) is 10.2 Å². The van der Waals surface area contributed by atoms with Crippen molar-refractivity contribution in [3.8, 4) is 5.75 Å². The molecule has 1 aliphatic heterocycles. The number of ether oxygens (including phenoxy) is 1. The fraction of sp³-hybridized carbons (Fsp3) is 0.350. The summed E-state index contributed by atoms with van der Waals surface area (Å²) in [6.45, 7) is 5.61. The molecule has 6 heteroatoms. The molecule has 0 aromatic heterocycles. The van der Waals surface area contributed by atoms with E-state index in [9.17, 15) is 4.79 Å². The second-order valence-electron chi connectivity index (χ2n) is 6.29. The molecule has 0 atom stereocenters. The first kappa shape index (κ1) is 18.5. The maximum atomic E-state index is 12.6. The van der Waals surface area contributed by atoms with Gasteiger partial charge in [0.15, 0.2) is 0 Å². The predicted molar refractivity (Wildman–Crippen MR) is 105 cm³/mol. The van der Waals surface area contributed by atoms with Crippen molar-refractivity contribution in [3.63, 3.8) is 0 Å². The van der Waals surface area contributed by atoms with Gasteiger partial charge < -0.3 is 15.0 Å². The van der Waals surface area contributed by atoms with Gasteiger partial charge in [-0.3, -0.25) is 4.90 Å². The highest BCUT2D eigenvalue weighted by molar-refractivity contribution is 6.31. The van der Waals surface area contributed by atoms with Crippen molar-refractivity contribution in [2.24, 2.45) is 0 Å². The number of urea groups is 1. The number of halogens is 1. The third kappa shape index (κ3) is 4.90. The van der Waals surface area contributed by atoms with Crippen LogP contribution in [0, 0.1) is 0 Å². The van der Waals surface area contributed by atoms with Crippen molar-refractivity contribution in [2.45, 2.75) is 19.9 Å². The van der Waals surface area contributed by atoms with Crippen LogP contribution in [-0.4, -0.2) is 42.2 Å². The van der Waals surface area contributed by atoms with Crippen LogP contribution in [0.25, 0.3) is 0 Å². The van der Waals surface area contributed by atoms with Gasteiger partial charge in [0.2, 0.25) is 0 Å². The third-order valence-corrected chi connectivity index (χ3v) is 4.70. The van der Waals surface area contributed by atoms with Gasteiger partial charge in [-0.2, -0.15) is 0 Å². The molecule has 3 rings (SSSR count). The summed E-state index contributed by atoms with van der Waals surface area (Å²) in [5.41, 5.74) is 1.85. The van der Waals surface area contributed by atoms with E-state index in [0.29, 0.717) is 13.3 Å². The highest BCUT2D eigenvalue weighted by atomic mass is 35.5. The number of anilines is 1. The second-order valence-corrected chi connectivity index (χ2v) is 6.70. The lowest BCUT2D eigenvalue weighted by molar-refractivity contribution is 0.105. The minimum atomic E-state index is -0.0852. The van der Waals surface area contributed by atoms with Gasteiger partial charge in [0.25, 0.3) is 0 Å². The molecule has 1 N–H and O–H groups in total. The van der Waals surface area contributed by atoms with Gasteiger partial charge in [-0.25, -0.2) is 4.79 Å². The van der Waals surface area contributed by atoms with E-state index in [1.807, 2.05) is 60.4 Å². The normalized spacial score (nSPS) is 14.9. The number of benzene rings is 2. The van der Waals surface area contributed by atoms with E-state index in [1.165, 1.54) is 0 Å². The number of hydrogen-bond acceptors (Lipinski definition) is 3. The maximum Gasteiger partial charge on any atom is 0.322 e. The minimum Gasteiger partial charge on any atom is -0.494 e. The number of hydrogen-bond donors (Lipinski definition) is 1. The summed E-state index contributed by atoms with van der Waals surface area (Å²) in [6, 6.07) is 15.2. The quantitative estimate of drug-likeness (QED) is 0.842. The van der Waals surface area contributed by atoms with Gasteiger partial charge in [0.1, 0.15) is 5.75 Å². The first-order chi connectivity index (χ1) is 12.7. The molecule has 0 aliphatic carbocycles. The summed E-state index contributed by atoms with van der Waals surface area (Å²) < 4.78 is 5.42. The largest absolute Gasteiger partial charge is 0.494 e. The van der Waals surface area contributed by atoms with Crippen LogP contribution in [0.2, 0.25) is 5.02 Å². The summed E-state index contributed by atoms with van der Waals surface area (Å²) in [6.07, 6.45) is 0.946. The van der Waals surface area contributed by atoms with Crippen molar-refractivity contribution in [2.75, 3.05) is 31.7 Å². The third-order valence-electron chi connectivity index (χ3n) is 4.33. The van der Waals surface area contributed by atoms with E-state index in [1.54, 1.807) is 0 Å². The Kier molecular flexibility index (Phi) is 6.36. The molecule has 0 bridgehead atoms. The lowest BCUT2D eigenvalue weighted by atomic mass is 10.2. The van der Waals surface area contributed by atoms with Crippen molar-refractivity contribution in [1.29, 1.82) is 0 Å². The number of carbonyl (C=O) groups is 1. The SMILES string of the molecule is CCOc1ccc(NC(=O)N2CCCN(Cc3ccccc3Cl)C2)cc1. The van der Waals surface area contributed by atoms with Crippen LogP contribution >= 0.6 is 11.6 Å². The first-order valence-corrected chi connectivity index (χ1v) is 9.28. The molecule has 1 heterocycles. The molecule has 26 heavy (non-hydrogen) atoms. The van der Waals surface area contributed by atoms with Crippen LogP contribution in [0.3, 0.4) is 0 Å². The molecule has 138 valence electrons. The zero-order valence-corrected chi connectivity index (χ0v) is 15.7. The smallest absolute Gasteiger partial charge is 0.322 e. The van der Waals surface area contributed by atoms with Crippen LogP contribution in [0.5, 0.6) is 5.75 Å². The predicted octanol–water partition coefficient (Wildman–Crippen LogP) is 4.44. The Bertz CT molecular complexity index is 736. The number of nitrogens with zero attached hydrogens (tertiary/aromatic N) is 2. The standard InChI is InChI=1S/C20H24ClN3O2/c1-2-26-18-10-8-17(9-11-18)22-20(25)24-13-5-12-23(15-24)14-16-6-3-4-7-19(16)21/h3-4,6-11H,2,5,12-15H2,1H3,(H,22,25). The monoisotopic (exact) mass is 373 g/mol. The summed E-state index contributed by atoms with van der Waals surface area (Å²) in [5, 5.41) is 3.72. The molecule has 0 spiro atoms. The molecule has 1 aliphatic rings. The van der Waals surface area contributed by atoms with Gasteiger partial charge in [0.05, 0.1) is 13.3 Å². The Morgan fingerprint density at radius 3 is 2.65 bits per heavy atom. The Labute approximate surface area is 159 Å². The van der Waals surface area contributed by atoms with Gasteiger partial charge in [-0.15, -0.1) is 0 Å². The molecule has 2 amide bonds. The van der Waals surface area contributed by atoms with Crippen molar-refractivity contribution >= 4 is 23.3 Å². The Morgan fingerprint density at radius 1 is 1.15 bits per heavy atom. The lowest BCUT2D eigenvalue weighted by Crippen LogP contribution is -2.48. The number of rotatable bonds is 5. The van der Waals surface area contributed by atoms with E-state index in [0.717, 1.165) is 48.1 Å². The van der Waals surface area contributed by atoms with Gasteiger partial charge in [0, 0.05) is 30.3 Å². The molecule has 2 aromatic carbocycles. The minimum absolute atomic E-state index is 0.0852. The van der Waals surface area contributed by atoms with Gasteiger partial charge in [-0.1, -0.05) is 29.8 Å². The topological polar surface area (TPSA) is 44.8 Å². The van der Waals surface area contributed by atoms with Crippen LogP contribution < -0.4 is 10.1 Å². The highest BCUT2D eigenvalue weighted by Gasteiger charge is 2.22. The molecule has 2 aromatic rings. The van der Waals surface area contributed by atoms with Crippen molar-refractivity contribution < 1.29 is 9.53 Å². The van der Waals surface area contributed by atoms with Crippen LogP contribution in [0.1, 0.15) is 18.9 Å². The van der Waals surface area contributed by atoms with E-state index in [4.69, 9.17) is 16.3 Å². The van der Waals surface area contributed by atoms with Gasteiger partial charge >= 0.3 is 6.03 Å². The van der Waals surface area contributed by atoms with Crippen LogP contribution in [0.4, 0.5) is 10.5 Å². The zero-order chi connectivity index (χ0) is 18.4. The van der Waals surface area contributed by atoms with Crippen LogP contribution in [0.15, 0.2) is 48.5 Å². The molecule has 1 fully saturated rings. The fourth-order valence-electron chi connectivity index (χ4n) is 3.03. The lowest BCUT2D eigenvalue weighted by Gasteiger charge is -2.35. The molecular weight excluding hydrogens is 350 g/mol. The zero-order valence-electron chi connectivity index (χ0n) is 15.0. The molecule has 0 saturated carbocycles. The van der Waals surface area contributed by atoms with E-state index < -0.39 is 0 Å². The Hall–Kier alpha value is -2.24. The summed E-state index contributed by atoms with van der Waals surface area (Å²) >= 11 is 6.26. The Balaban J connectivity index is 1.56. The number of carbonyl (C=O) groups excluding carboxylic acids is 1.